The van der Waals surface area contributed by atoms with E-state index in [2.05, 4.69) is 15.9 Å². The molecule has 2 heterocycles. The average molecular weight is 457 g/mol. The lowest BCUT2D eigenvalue weighted by Gasteiger charge is -2.08. The number of carbonyl (C=O) groups excluding carboxylic acids is 1. The molecule has 0 unspecified atom stereocenters. The first-order chi connectivity index (χ1) is 14.1. The monoisotopic (exact) mass is 456 g/mol. The van der Waals surface area contributed by atoms with Crippen LogP contribution in [-0.2, 0) is 22.7 Å². The summed E-state index contributed by atoms with van der Waals surface area (Å²) >= 11 is 3.35. The van der Waals surface area contributed by atoms with Gasteiger partial charge in [0.05, 0.1) is 6.61 Å². The van der Waals surface area contributed by atoms with E-state index in [9.17, 15) is 9.59 Å². The highest BCUT2D eigenvalue weighted by molar-refractivity contribution is 9.10. The molecule has 0 radical (unpaired) electrons. The van der Waals surface area contributed by atoms with Crippen LogP contribution in [0, 0.1) is 0 Å². The van der Waals surface area contributed by atoms with Crippen LogP contribution in [-0.4, -0.2) is 12.6 Å². The molecule has 2 aromatic heterocycles. The zero-order valence-corrected chi connectivity index (χ0v) is 17.2. The fourth-order valence-corrected chi connectivity index (χ4v) is 3.48. The summed E-state index contributed by atoms with van der Waals surface area (Å²) in [6, 6.07) is 14.0. The predicted octanol–water partition coefficient (Wildman–Crippen LogP) is 5.20. The van der Waals surface area contributed by atoms with E-state index in [-0.39, 0.29) is 19.0 Å². The molecule has 2 aromatic carbocycles. The highest BCUT2D eigenvalue weighted by Crippen LogP contribution is 2.28. The third kappa shape index (κ3) is 3.97. The van der Waals surface area contributed by atoms with Crippen molar-refractivity contribution >= 4 is 43.8 Å². The second-order valence-corrected chi connectivity index (χ2v) is 7.27. The minimum Gasteiger partial charge on any atom is -0.455 e. The highest BCUT2D eigenvalue weighted by atomic mass is 79.9. The summed E-state index contributed by atoms with van der Waals surface area (Å²) < 4.78 is 22.7. The molecule has 4 aromatic rings. The predicted molar refractivity (Wildman–Crippen MR) is 111 cm³/mol. The molecule has 0 spiro atoms. The summed E-state index contributed by atoms with van der Waals surface area (Å²) in [6.45, 7) is 2.54. The Morgan fingerprint density at radius 2 is 1.83 bits per heavy atom. The smallest absolute Gasteiger partial charge is 0.374 e. The summed E-state index contributed by atoms with van der Waals surface area (Å²) in [6.07, 6.45) is 0. The highest BCUT2D eigenvalue weighted by Gasteiger charge is 2.22. The Balaban J connectivity index is 1.64. The number of carbonyl (C=O) groups is 1. The molecule has 0 aliphatic carbocycles. The van der Waals surface area contributed by atoms with Gasteiger partial charge in [-0.15, -0.1) is 0 Å². The molecular weight excluding hydrogens is 440 g/mol. The van der Waals surface area contributed by atoms with Crippen molar-refractivity contribution in [2.24, 2.45) is 0 Å². The van der Waals surface area contributed by atoms with Crippen molar-refractivity contribution in [1.29, 1.82) is 0 Å². The van der Waals surface area contributed by atoms with Crippen LogP contribution in [0.3, 0.4) is 0 Å². The summed E-state index contributed by atoms with van der Waals surface area (Å²) in [5.41, 5.74) is 1.69. The molecule has 0 saturated carbocycles. The van der Waals surface area contributed by atoms with Crippen LogP contribution in [0.15, 0.2) is 66.6 Å². The van der Waals surface area contributed by atoms with E-state index in [1.54, 1.807) is 18.2 Å². The van der Waals surface area contributed by atoms with E-state index < -0.39 is 11.6 Å². The quantitative estimate of drug-likeness (QED) is 0.293. The lowest BCUT2D eigenvalue weighted by Crippen LogP contribution is -2.09. The topological polar surface area (TPSA) is 78.9 Å². The molecule has 0 aliphatic rings. The number of fused-ring (bicyclic) bond motifs is 2. The lowest BCUT2D eigenvalue weighted by atomic mass is 10.1. The van der Waals surface area contributed by atoms with Gasteiger partial charge in [-0.05, 0) is 31.2 Å². The average Bonchev–Trinajstić information content (AvgIpc) is 3.08. The first-order valence-corrected chi connectivity index (χ1v) is 9.83. The number of para-hydroxylation sites is 1. The van der Waals surface area contributed by atoms with Crippen LogP contribution in [0.5, 0.6) is 0 Å². The molecule has 7 heteroatoms. The second-order valence-electron chi connectivity index (χ2n) is 6.35. The Bertz CT molecular complexity index is 1250. The van der Waals surface area contributed by atoms with E-state index in [1.807, 2.05) is 31.2 Å². The Hall–Kier alpha value is -2.90. The van der Waals surface area contributed by atoms with Crippen LogP contribution in [0.4, 0.5) is 0 Å². The van der Waals surface area contributed by atoms with Gasteiger partial charge in [0.25, 0.3) is 0 Å². The van der Waals surface area contributed by atoms with Gasteiger partial charge in [0.2, 0.25) is 5.76 Å². The number of furan rings is 1. The maximum atomic E-state index is 12.8. The third-order valence-corrected chi connectivity index (χ3v) is 4.98. The number of ether oxygens (including phenoxy) is 2. The fourth-order valence-electron chi connectivity index (χ4n) is 3.14. The van der Waals surface area contributed by atoms with Gasteiger partial charge >= 0.3 is 11.6 Å². The van der Waals surface area contributed by atoms with E-state index >= 15 is 0 Å². The van der Waals surface area contributed by atoms with Gasteiger partial charge in [-0.2, -0.15) is 0 Å². The largest absolute Gasteiger partial charge is 0.455 e. The van der Waals surface area contributed by atoms with Gasteiger partial charge in [-0.1, -0.05) is 34.1 Å². The van der Waals surface area contributed by atoms with Gasteiger partial charge in [0, 0.05) is 39.0 Å². The first-order valence-electron chi connectivity index (χ1n) is 9.04. The SMILES string of the molecule is CCOCc1c(C(=O)OCc2cc(=O)oc3cc(Br)ccc23)oc2ccccc12. The molecule has 4 rings (SSSR count). The van der Waals surface area contributed by atoms with Gasteiger partial charge in [0.1, 0.15) is 17.8 Å². The summed E-state index contributed by atoms with van der Waals surface area (Å²) in [4.78, 5) is 24.6. The van der Waals surface area contributed by atoms with Crippen molar-refractivity contribution in [3.63, 3.8) is 0 Å². The lowest BCUT2D eigenvalue weighted by molar-refractivity contribution is 0.0431. The minimum absolute atomic E-state index is 0.0896. The molecule has 0 saturated heterocycles. The van der Waals surface area contributed by atoms with Crippen LogP contribution >= 0.6 is 15.9 Å². The van der Waals surface area contributed by atoms with E-state index in [0.717, 1.165) is 9.86 Å². The van der Waals surface area contributed by atoms with E-state index in [4.69, 9.17) is 18.3 Å². The third-order valence-electron chi connectivity index (χ3n) is 4.49. The summed E-state index contributed by atoms with van der Waals surface area (Å²) in [5, 5.41) is 1.50. The standard InChI is InChI=1S/C22H17BrO6/c1-2-26-12-17-16-5-3-4-6-18(16)29-21(17)22(25)27-11-13-9-20(24)28-19-10-14(23)7-8-15(13)19/h3-10H,2,11-12H2,1H3. The molecule has 0 bridgehead atoms. The normalized spacial score (nSPS) is 11.2. The van der Waals surface area contributed by atoms with Crippen molar-refractivity contribution in [3.8, 4) is 0 Å². The zero-order valence-electron chi connectivity index (χ0n) is 15.6. The van der Waals surface area contributed by atoms with Crippen molar-refractivity contribution < 1.29 is 23.1 Å². The van der Waals surface area contributed by atoms with Crippen LogP contribution < -0.4 is 5.63 Å². The Morgan fingerprint density at radius 1 is 1.00 bits per heavy atom. The Labute approximate surface area is 174 Å². The molecule has 0 fully saturated rings. The maximum absolute atomic E-state index is 12.8. The number of esters is 1. The molecule has 0 aliphatic heterocycles. The Kier molecular flexibility index (Phi) is 5.51. The van der Waals surface area contributed by atoms with E-state index in [1.165, 1.54) is 6.07 Å². The van der Waals surface area contributed by atoms with Crippen molar-refractivity contribution in [3.05, 3.63) is 80.3 Å². The van der Waals surface area contributed by atoms with E-state index in [0.29, 0.717) is 34.3 Å². The van der Waals surface area contributed by atoms with Gasteiger partial charge in [-0.25, -0.2) is 9.59 Å². The summed E-state index contributed by atoms with van der Waals surface area (Å²) in [7, 11) is 0. The second kappa shape index (κ2) is 8.23. The Morgan fingerprint density at radius 3 is 2.66 bits per heavy atom. The number of rotatable bonds is 6. The summed E-state index contributed by atoms with van der Waals surface area (Å²) in [5.74, 6) is -0.510. The molecule has 0 N–H and O–H groups in total. The van der Waals surface area contributed by atoms with Crippen molar-refractivity contribution in [2.45, 2.75) is 20.1 Å². The zero-order chi connectivity index (χ0) is 20.4. The van der Waals surface area contributed by atoms with Crippen LogP contribution in [0.1, 0.15) is 28.6 Å². The van der Waals surface area contributed by atoms with Crippen molar-refractivity contribution in [2.75, 3.05) is 6.61 Å². The van der Waals surface area contributed by atoms with Crippen LogP contribution in [0.2, 0.25) is 0 Å². The van der Waals surface area contributed by atoms with Gasteiger partial charge in [0.15, 0.2) is 0 Å². The molecular formula is C22H17BrO6. The number of halogens is 1. The fraction of sp³-hybridized carbons (Fsp3) is 0.182. The van der Waals surface area contributed by atoms with Gasteiger partial charge in [-0.3, -0.25) is 0 Å². The number of hydrogen-bond donors (Lipinski definition) is 0. The number of hydrogen-bond acceptors (Lipinski definition) is 6. The molecule has 0 amide bonds. The van der Waals surface area contributed by atoms with Crippen molar-refractivity contribution in [1.82, 2.24) is 0 Å². The van der Waals surface area contributed by atoms with Crippen LogP contribution in [0.25, 0.3) is 21.9 Å². The number of benzene rings is 2. The molecule has 148 valence electrons. The minimum atomic E-state index is -0.616. The molecule has 29 heavy (non-hydrogen) atoms. The molecule has 0 atom stereocenters. The first kappa shape index (κ1) is 19.4. The maximum Gasteiger partial charge on any atom is 0.374 e. The molecule has 6 nitrogen and oxygen atoms in total. The van der Waals surface area contributed by atoms with Gasteiger partial charge < -0.3 is 18.3 Å².